The molecule has 0 aliphatic carbocycles. The van der Waals surface area contributed by atoms with Crippen LogP contribution in [0.25, 0.3) is 11.2 Å². The second-order valence-electron chi connectivity index (χ2n) is 8.26. The molecule has 13 heteroatoms. The number of anilines is 1. The molecule has 34 heavy (non-hydrogen) atoms. The van der Waals surface area contributed by atoms with Crippen LogP contribution in [-0.2, 0) is 11.2 Å². The Balaban J connectivity index is 1.19. The minimum atomic E-state index is -1.15. The van der Waals surface area contributed by atoms with Gasteiger partial charge in [0.05, 0.1) is 6.33 Å². The molecular formula is C21H30N8O4S. The third-order valence-electron chi connectivity index (χ3n) is 5.73. The van der Waals surface area contributed by atoms with Crippen LogP contribution in [0.1, 0.15) is 17.5 Å². The van der Waals surface area contributed by atoms with Gasteiger partial charge in [-0.25, -0.2) is 19.7 Å². The molecule has 0 bridgehead atoms. The molecule has 6 N–H and O–H groups in total. The average Bonchev–Trinajstić information content (AvgIpc) is 3.54. The van der Waals surface area contributed by atoms with Crippen LogP contribution in [0, 0.1) is 0 Å². The molecule has 2 amide bonds. The van der Waals surface area contributed by atoms with E-state index in [1.54, 1.807) is 15.9 Å². The molecule has 4 atom stereocenters. The Hall–Kier alpha value is -2.84. The summed E-state index contributed by atoms with van der Waals surface area (Å²) in [5.74, 6) is 0.234. The number of amides is 2. The summed E-state index contributed by atoms with van der Waals surface area (Å²) in [7, 11) is 1.90. The second kappa shape index (κ2) is 11.1. The van der Waals surface area contributed by atoms with E-state index in [0.717, 1.165) is 12.8 Å². The van der Waals surface area contributed by atoms with Gasteiger partial charge >= 0.3 is 6.03 Å². The summed E-state index contributed by atoms with van der Waals surface area (Å²) in [6.07, 6.45) is 0.674. The summed E-state index contributed by atoms with van der Waals surface area (Å²) < 4.78 is 7.53. The van der Waals surface area contributed by atoms with Gasteiger partial charge in [0.1, 0.15) is 30.2 Å². The maximum absolute atomic E-state index is 11.9. The molecule has 4 heterocycles. The van der Waals surface area contributed by atoms with Crippen LogP contribution in [0.5, 0.6) is 0 Å². The largest absolute Gasteiger partial charge is 0.387 e. The number of urea groups is 1. The topological polar surface area (TPSA) is 164 Å². The smallest absolute Gasteiger partial charge is 0.314 e. The van der Waals surface area contributed by atoms with Crippen molar-refractivity contribution in [3.8, 4) is 0 Å². The number of carbonyl (C=O) groups excluding carboxylic acids is 1. The average molecular weight is 491 g/mol. The van der Waals surface area contributed by atoms with E-state index in [0.29, 0.717) is 37.3 Å². The molecule has 3 aromatic heterocycles. The third kappa shape index (κ3) is 5.62. The summed E-state index contributed by atoms with van der Waals surface area (Å²) in [4.78, 5) is 27.4. The van der Waals surface area contributed by atoms with Gasteiger partial charge in [-0.1, -0.05) is 6.07 Å². The molecule has 0 radical (unpaired) electrons. The Labute approximate surface area is 200 Å². The van der Waals surface area contributed by atoms with Gasteiger partial charge in [-0.3, -0.25) is 4.57 Å². The molecule has 12 nitrogen and oxygen atoms in total. The lowest BCUT2D eigenvalue weighted by Gasteiger charge is -2.22. The van der Waals surface area contributed by atoms with Gasteiger partial charge in [-0.05, 0) is 37.9 Å². The summed E-state index contributed by atoms with van der Waals surface area (Å²) in [5, 5.41) is 28.8. The van der Waals surface area contributed by atoms with Crippen LogP contribution in [0.2, 0.25) is 0 Å². The number of hydrogen-bond donors (Lipinski definition) is 5. The van der Waals surface area contributed by atoms with Crippen LogP contribution < -0.4 is 16.4 Å². The number of nitrogens with two attached hydrogens (primary N) is 1. The fourth-order valence-electron chi connectivity index (χ4n) is 3.93. The molecule has 1 aliphatic rings. The SMILES string of the molecule is CN(CCCNC(=O)NCCc1cccs1)CC1OC(n2cnc3c(N)ncnc32)[C@H](O)[C@@H]1O. The zero-order valence-electron chi connectivity index (χ0n) is 18.9. The summed E-state index contributed by atoms with van der Waals surface area (Å²) in [6, 6.07) is 3.86. The number of imidazole rings is 1. The number of aromatic nitrogens is 4. The zero-order chi connectivity index (χ0) is 24.1. The van der Waals surface area contributed by atoms with Crippen LogP contribution in [0.15, 0.2) is 30.2 Å². The molecule has 4 rings (SSSR count). The molecular weight excluding hydrogens is 460 g/mol. The van der Waals surface area contributed by atoms with E-state index in [9.17, 15) is 15.0 Å². The monoisotopic (exact) mass is 490 g/mol. The van der Waals surface area contributed by atoms with E-state index >= 15 is 0 Å². The first-order valence-corrected chi connectivity index (χ1v) is 12.0. The highest BCUT2D eigenvalue weighted by Gasteiger charge is 2.44. The standard InChI is InChI=1S/C21H30N8O4S/c1-28(8-3-6-23-21(32)24-7-5-13-4-2-9-34-13)10-14-16(30)17(31)20(33-14)29-12-27-15-18(22)25-11-26-19(15)29/h2,4,9,11-12,14,16-17,20,30-31H,3,5-8,10H2,1H3,(H2,22,25,26)(H2,23,24,32)/t14?,16-,17-,20?/m1/s1. The lowest BCUT2D eigenvalue weighted by atomic mass is 10.1. The molecule has 0 aromatic carbocycles. The minimum Gasteiger partial charge on any atom is -0.387 e. The number of hydrogen-bond acceptors (Lipinski definition) is 10. The highest BCUT2D eigenvalue weighted by atomic mass is 32.1. The normalized spacial score (nSPS) is 22.5. The fraction of sp³-hybridized carbons (Fsp3) is 0.524. The number of ether oxygens (including phenoxy) is 1. The number of nitrogen functional groups attached to an aromatic ring is 1. The molecule has 0 spiro atoms. The van der Waals surface area contributed by atoms with Crippen molar-refractivity contribution in [3.05, 3.63) is 35.0 Å². The van der Waals surface area contributed by atoms with Crippen LogP contribution in [0.4, 0.5) is 10.6 Å². The number of aliphatic hydroxyl groups excluding tert-OH is 2. The maximum atomic E-state index is 11.9. The molecule has 2 unspecified atom stereocenters. The predicted octanol–water partition coefficient (Wildman–Crippen LogP) is -0.0470. The van der Waals surface area contributed by atoms with Crippen molar-refractivity contribution >= 4 is 34.3 Å². The molecule has 1 fully saturated rings. The lowest BCUT2D eigenvalue weighted by Crippen LogP contribution is -2.40. The van der Waals surface area contributed by atoms with Crippen molar-refractivity contribution in [2.45, 2.75) is 37.4 Å². The molecule has 184 valence electrons. The first-order chi connectivity index (χ1) is 16.4. The number of nitrogens with one attached hydrogen (secondary N) is 2. The van der Waals surface area contributed by atoms with Crippen molar-refractivity contribution in [1.82, 2.24) is 35.1 Å². The second-order valence-corrected chi connectivity index (χ2v) is 9.29. The number of fused-ring (bicyclic) bond motifs is 1. The van der Waals surface area contributed by atoms with Crippen LogP contribution in [-0.4, -0.2) is 92.2 Å². The van der Waals surface area contributed by atoms with Gasteiger partial charge in [0.25, 0.3) is 0 Å². The predicted molar refractivity (Wildman–Crippen MR) is 127 cm³/mol. The van der Waals surface area contributed by atoms with Crippen molar-refractivity contribution < 1.29 is 19.7 Å². The van der Waals surface area contributed by atoms with E-state index in [-0.39, 0.29) is 11.8 Å². The summed E-state index contributed by atoms with van der Waals surface area (Å²) in [5.41, 5.74) is 6.67. The molecule has 3 aromatic rings. The Morgan fingerprint density at radius 2 is 2.09 bits per heavy atom. The van der Waals surface area contributed by atoms with Gasteiger partial charge in [-0.2, -0.15) is 0 Å². The minimum absolute atomic E-state index is 0.184. The number of thiophene rings is 1. The zero-order valence-corrected chi connectivity index (χ0v) is 19.7. The Morgan fingerprint density at radius 3 is 2.88 bits per heavy atom. The van der Waals surface area contributed by atoms with E-state index in [4.69, 9.17) is 10.5 Å². The summed E-state index contributed by atoms with van der Waals surface area (Å²) >= 11 is 1.68. The van der Waals surface area contributed by atoms with Crippen molar-refractivity contribution in [2.75, 3.05) is 39.0 Å². The van der Waals surface area contributed by atoms with Gasteiger partial charge in [0.15, 0.2) is 17.7 Å². The number of rotatable bonds is 10. The Bertz CT molecular complexity index is 1080. The quantitative estimate of drug-likeness (QED) is 0.245. The van der Waals surface area contributed by atoms with E-state index in [2.05, 4.69) is 25.6 Å². The first kappa shape index (κ1) is 24.3. The number of likely N-dealkylation sites (N-methyl/N-ethyl adjacent to an activating group) is 1. The van der Waals surface area contributed by atoms with Gasteiger partial charge < -0.3 is 36.2 Å². The number of nitrogens with zero attached hydrogens (tertiary/aromatic N) is 5. The van der Waals surface area contributed by atoms with Gasteiger partial charge in [0.2, 0.25) is 0 Å². The molecule has 1 aliphatic heterocycles. The molecule has 1 saturated heterocycles. The summed E-state index contributed by atoms with van der Waals surface area (Å²) in [6.45, 7) is 2.21. The van der Waals surface area contributed by atoms with Gasteiger partial charge in [-0.15, -0.1) is 11.3 Å². The Morgan fingerprint density at radius 1 is 1.26 bits per heavy atom. The highest BCUT2D eigenvalue weighted by molar-refractivity contribution is 7.09. The third-order valence-corrected chi connectivity index (χ3v) is 6.67. The van der Waals surface area contributed by atoms with Gasteiger partial charge in [0, 0.05) is 24.5 Å². The number of aliphatic hydroxyl groups is 2. The van der Waals surface area contributed by atoms with E-state index in [1.165, 1.54) is 17.5 Å². The molecule has 0 saturated carbocycles. The highest BCUT2D eigenvalue weighted by Crippen LogP contribution is 2.32. The lowest BCUT2D eigenvalue weighted by molar-refractivity contribution is -0.0421. The van der Waals surface area contributed by atoms with Crippen molar-refractivity contribution in [2.24, 2.45) is 0 Å². The van der Waals surface area contributed by atoms with Crippen LogP contribution in [0.3, 0.4) is 0 Å². The first-order valence-electron chi connectivity index (χ1n) is 11.1. The fourth-order valence-corrected chi connectivity index (χ4v) is 4.64. The maximum Gasteiger partial charge on any atom is 0.314 e. The number of carbonyl (C=O) groups is 1. The van der Waals surface area contributed by atoms with E-state index in [1.807, 2.05) is 29.5 Å². The van der Waals surface area contributed by atoms with Crippen LogP contribution >= 0.6 is 11.3 Å². The van der Waals surface area contributed by atoms with E-state index < -0.39 is 24.5 Å². The Kier molecular flexibility index (Phi) is 7.90. The van der Waals surface area contributed by atoms with Crippen molar-refractivity contribution in [3.63, 3.8) is 0 Å². The van der Waals surface area contributed by atoms with Crippen molar-refractivity contribution in [1.29, 1.82) is 0 Å².